The molecule has 1 unspecified atom stereocenters. The predicted molar refractivity (Wildman–Crippen MR) is 68.4 cm³/mol. The molecule has 0 bridgehead atoms. The van der Waals surface area contributed by atoms with Crippen molar-refractivity contribution in [1.82, 2.24) is 5.43 Å². The van der Waals surface area contributed by atoms with Gasteiger partial charge < -0.3 is 5.11 Å². The third-order valence-corrected chi connectivity index (χ3v) is 4.56. The lowest BCUT2D eigenvalue weighted by atomic mass is 10.2. The molecule has 4 N–H and O–H groups in total. The first-order chi connectivity index (χ1) is 7.67. The molecule has 0 spiro atoms. The average molecular weight is 260 g/mol. The van der Waals surface area contributed by atoms with Gasteiger partial charge in [-0.15, -0.1) is 11.3 Å². The van der Waals surface area contributed by atoms with Crippen LogP contribution in [0.15, 0.2) is 12.1 Å². The molecule has 1 aromatic heterocycles. The van der Waals surface area contributed by atoms with Gasteiger partial charge in [-0.3, -0.25) is 10.2 Å². The summed E-state index contributed by atoms with van der Waals surface area (Å²) >= 11 is 3.21. The second kappa shape index (κ2) is 6.90. The first kappa shape index (κ1) is 13.5. The minimum absolute atomic E-state index is 0.221. The van der Waals surface area contributed by atoms with E-state index in [4.69, 9.17) is 10.9 Å². The molecule has 1 heterocycles. The highest BCUT2D eigenvalue weighted by atomic mass is 32.2. The standard InChI is InChI=1S/C10H16N2O2S2/c1-7(4-13)5-15-6-8-2-3-9(16-8)10(14)12-11/h2-3,7,13H,4-6,11H2,1H3,(H,12,14). The molecule has 1 atom stereocenters. The summed E-state index contributed by atoms with van der Waals surface area (Å²) in [6.45, 7) is 2.23. The van der Waals surface area contributed by atoms with Crippen LogP contribution in [-0.4, -0.2) is 23.4 Å². The zero-order valence-corrected chi connectivity index (χ0v) is 10.7. The number of nitrogens with one attached hydrogen (secondary N) is 1. The third kappa shape index (κ3) is 4.13. The lowest BCUT2D eigenvalue weighted by molar-refractivity contribution is 0.0957. The number of thiophene rings is 1. The molecule has 0 saturated carbocycles. The maximum Gasteiger partial charge on any atom is 0.275 e. The van der Waals surface area contributed by atoms with Crippen molar-refractivity contribution in [3.63, 3.8) is 0 Å². The number of hydrazine groups is 1. The largest absolute Gasteiger partial charge is 0.396 e. The van der Waals surface area contributed by atoms with Crippen LogP contribution in [0.1, 0.15) is 21.5 Å². The number of rotatable bonds is 6. The zero-order chi connectivity index (χ0) is 12.0. The van der Waals surface area contributed by atoms with E-state index in [0.29, 0.717) is 10.8 Å². The Hall–Kier alpha value is -0.560. The number of thioether (sulfide) groups is 1. The second-order valence-corrected chi connectivity index (χ2v) is 5.74. The van der Waals surface area contributed by atoms with Gasteiger partial charge in [0.25, 0.3) is 5.91 Å². The Labute approximate surface area is 103 Å². The molecule has 0 fully saturated rings. The molecule has 6 heteroatoms. The molecule has 0 aliphatic heterocycles. The van der Waals surface area contributed by atoms with Crippen LogP contribution in [0.2, 0.25) is 0 Å². The topological polar surface area (TPSA) is 75.3 Å². The number of nitrogens with two attached hydrogens (primary N) is 1. The Balaban J connectivity index is 2.38. The first-order valence-corrected chi connectivity index (χ1v) is 6.92. The molecule has 16 heavy (non-hydrogen) atoms. The molecule has 1 rings (SSSR count). The summed E-state index contributed by atoms with van der Waals surface area (Å²) in [7, 11) is 0. The van der Waals surface area contributed by atoms with Crippen LogP contribution in [0.25, 0.3) is 0 Å². The Kier molecular flexibility index (Phi) is 5.83. The minimum Gasteiger partial charge on any atom is -0.396 e. The van der Waals surface area contributed by atoms with Gasteiger partial charge in [-0.25, -0.2) is 5.84 Å². The summed E-state index contributed by atoms with van der Waals surface area (Å²) in [5.74, 6) is 6.91. The normalized spacial score (nSPS) is 12.4. The SMILES string of the molecule is CC(CO)CSCc1ccc(C(=O)NN)s1. The van der Waals surface area contributed by atoms with Crippen molar-refractivity contribution >= 4 is 29.0 Å². The number of amides is 1. The summed E-state index contributed by atoms with van der Waals surface area (Å²) < 4.78 is 0. The summed E-state index contributed by atoms with van der Waals surface area (Å²) in [6, 6.07) is 3.71. The van der Waals surface area contributed by atoms with E-state index in [0.717, 1.165) is 16.4 Å². The fourth-order valence-electron chi connectivity index (χ4n) is 1.06. The number of carbonyl (C=O) groups is 1. The van der Waals surface area contributed by atoms with Crippen molar-refractivity contribution in [1.29, 1.82) is 0 Å². The minimum atomic E-state index is -0.245. The number of aliphatic hydroxyl groups excluding tert-OH is 1. The quantitative estimate of drug-likeness (QED) is 0.408. The highest BCUT2D eigenvalue weighted by molar-refractivity contribution is 7.98. The summed E-state index contributed by atoms with van der Waals surface area (Å²) in [5, 5.41) is 8.86. The van der Waals surface area contributed by atoms with E-state index >= 15 is 0 Å². The molecule has 1 amide bonds. The van der Waals surface area contributed by atoms with Gasteiger partial charge in [0.05, 0.1) is 4.88 Å². The van der Waals surface area contributed by atoms with Crippen molar-refractivity contribution in [3.8, 4) is 0 Å². The molecule has 1 aromatic rings. The van der Waals surface area contributed by atoms with Gasteiger partial charge in [0.1, 0.15) is 0 Å². The Morgan fingerprint density at radius 3 is 3.06 bits per heavy atom. The second-order valence-electron chi connectivity index (χ2n) is 3.54. The molecule has 0 saturated heterocycles. The van der Waals surface area contributed by atoms with Crippen molar-refractivity contribution in [2.45, 2.75) is 12.7 Å². The van der Waals surface area contributed by atoms with E-state index in [1.807, 2.05) is 13.0 Å². The van der Waals surface area contributed by atoms with Crippen LogP contribution in [0.4, 0.5) is 0 Å². The van der Waals surface area contributed by atoms with Gasteiger partial charge in [0, 0.05) is 17.2 Å². The molecular weight excluding hydrogens is 244 g/mol. The van der Waals surface area contributed by atoms with Gasteiger partial charge >= 0.3 is 0 Å². The maximum absolute atomic E-state index is 11.2. The van der Waals surface area contributed by atoms with Gasteiger partial charge in [0.15, 0.2) is 0 Å². The molecule has 0 aromatic carbocycles. The zero-order valence-electron chi connectivity index (χ0n) is 9.10. The molecular formula is C10H16N2O2S2. The van der Waals surface area contributed by atoms with Crippen molar-refractivity contribution in [3.05, 3.63) is 21.9 Å². The van der Waals surface area contributed by atoms with E-state index in [9.17, 15) is 4.79 Å². The van der Waals surface area contributed by atoms with Crippen molar-refractivity contribution < 1.29 is 9.90 Å². The van der Waals surface area contributed by atoms with Crippen molar-refractivity contribution in [2.75, 3.05) is 12.4 Å². The van der Waals surface area contributed by atoms with E-state index < -0.39 is 0 Å². The van der Waals surface area contributed by atoms with Crippen LogP contribution in [-0.2, 0) is 5.75 Å². The van der Waals surface area contributed by atoms with Crippen molar-refractivity contribution in [2.24, 2.45) is 11.8 Å². The van der Waals surface area contributed by atoms with Crippen LogP contribution >= 0.6 is 23.1 Å². The Morgan fingerprint density at radius 2 is 2.44 bits per heavy atom. The van der Waals surface area contributed by atoms with Crippen LogP contribution in [0.5, 0.6) is 0 Å². The van der Waals surface area contributed by atoms with E-state index in [1.165, 1.54) is 11.3 Å². The van der Waals surface area contributed by atoms with E-state index in [2.05, 4.69) is 5.43 Å². The number of hydrogen-bond donors (Lipinski definition) is 3. The molecule has 90 valence electrons. The van der Waals surface area contributed by atoms with Gasteiger partial charge in [-0.05, 0) is 23.8 Å². The fourth-order valence-corrected chi connectivity index (χ4v) is 3.18. The van der Waals surface area contributed by atoms with E-state index in [1.54, 1.807) is 17.8 Å². The molecule has 0 aliphatic carbocycles. The number of carbonyl (C=O) groups excluding carboxylic acids is 1. The molecule has 4 nitrogen and oxygen atoms in total. The monoisotopic (exact) mass is 260 g/mol. The third-order valence-electron chi connectivity index (χ3n) is 1.97. The summed E-state index contributed by atoms with van der Waals surface area (Å²) in [4.78, 5) is 13.0. The first-order valence-electron chi connectivity index (χ1n) is 4.95. The van der Waals surface area contributed by atoms with Gasteiger partial charge in [-0.1, -0.05) is 6.92 Å². The van der Waals surface area contributed by atoms with Gasteiger partial charge in [-0.2, -0.15) is 11.8 Å². The summed E-state index contributed by atoms with van der Waals surface area (Å²) in [5.41, 5.74) is 2.11. The van der Waals surface area contributed by atoms with Crippen LogP contribution in [0.3, 0.4) is 0 Å². The highest BCUT2D eigenvalue weighted by Crippen LogP contribution is 2.22. The summed E-state index contributed by atoms with van der Waals surface area (Å²) in [6.07, 6.45) is 0. The fraction of sp³-hybridized carbons (Fsp3) is 0.500. The number of nitrogen functional groups attached to an aromatic ring is 1. The Bertz CT molecular complexity index is 341. The Morgan fingerprint density at radius 1 is 1.69 bits per heavy atom. The average Bonchev–Trinajstić information content (AvgIpc) is 2.76. The molecule has 0 aliphatic rings. The lowest BCUT2D eigenvalue weighted by Crippen LogP contribution is -2.29. The van der Waals surface area contributed by atoms with E-state index in [-0.39, 0.29) is 12.5 Å². The van der Waals surface area contributed by atoms with Crippen LogP contribution in [0, 0.1) is 5.92 Å². The molecule has 0 radical (unpaired) electrons. The smallest absolute Gasteiger partial charge is 0.275 e. The maximum atomic E-state index is 11.2. The highest BCUT2D eigenvalue weighted by Gasteiger charge is 2.07. The van der Waals surface area contributed by atoms with Crippen LogP contribution < -0.4 is 11.3 Å². The lowest BCUT2D eigenvalue weighted by Gasteiger charge is -2.05. The predicted octanol–water partition coefficient (Wildman–Crippen LogP) is 1.21. The number of hydrogen-bond acceptors (Lipinski definition) is 5. The van der Waals surface area contributed by atoms with Gasteiger partial charge in [0.2, 0.25) is 0 Å². The number of aliphatic hydroxyl groups is 1.